The molecule has 0 saturated heterocycles. The first-order valence-electron chi connectivity index (χ1n) is 8.60. The lowest BCUT2D eigenvalue weighted by atomic mass is 10.3. The standard InChI is InChI=1S/C20H24N2O3/c1-3-7-20-21-18-10-4-5-11-19(18)22(20)13-15(23)14-25-17-9-6-8-16(12-17)24-2/h4-6,8-12,15,23H,3,7,13-14H2,1-2H3/t15-/m0/s1. The minimum absolute atomic E-state index is 0.214. The number of fused-ring (bicyclic) bond motifs is 1. The molecule has 3 rings (SSSR count). The Labute approximate surface area is 147 Å². The zero-order valence-electron chi connectivity index (χ0n) is 14.7. The Kier molecular flexibility index (Phi) is 5.56. The van der Waals surface area contributed by atoms with Crippen molar-refractivity contribution in [1.82, 2.24) is 9.55 Å². The van der Waals surface area contributed by atoms with Crippen molar-refractivity contribution in [3.05, 3.63) is 54.4 Å². The molecule has 1 atom stereocenters. The van der Waals surface area contributed by atoms with Crippen molar-refractivity contribution in [3.63, 3.8) is 0 Å². The van der Waals surface area contributed by atoms with E-state index in [9.17, 15) is 5.11 Å². The van der Waals surface area contributed by atoms with Crippen molar-refractivity contribution in [2.75, 3.05) is 13.7 Å². The zero-order valence-corrected chi connectivity index (χ0v) is 14.7. The quantitative estimate of drug-likeness (QED) is 0.682. The number of aryl methyl sites for hydroxylation is 1. The molecule has 0 aliphatic carbocycles. The van der Waals surface area contributed by atoms with E-state index in [1.165, 1.54) is 0 Å². The Morgan fingerprint density at radius 3 is 2.72 bits per heavy atom. The van der Waals surface area contributed by atoms with Crippen LogP contribution in [0.1, 0.15) is 19.2 Å². The third-order valence-corrected chi connectivity index (χ3v) is 4.08. The molecule has 5 nitrogen and oxygen atoms in total. The Balaban J connectivity index is 1.70. The molecule has 1 N–H and O–H groups in total. The Bertz CT molecular complexity index is 829. The third kappa shape index (κ3) is 4.12. The van der Waals surface area contributed by atoms with Crippen LogP contribution in [-0.2, 0) is 13.0 Å². The van der Waals surface area contributed by atoms with Gasteiger partial charge in [0.2, 0.25) is 0 Å². The van der Waals surface area contributed by atoms with Gasteiger partial charge in [-0.1, -0.05) is 25.1 Å². The third-order valence-electron chi connectivity index (χ3n) is 4.08. The highest BCUT2D eigenvalue weighted by Gasteiger charge is 2.14. The highest BCUT2D eigenvalue weighted by Crippen LogP contribution is 2.20. The second-order valence-corrected chi connectivity index (χ2v) is 6.02. The second kappa shape index (κ2) is 8.03. The number of benzene rings is 2. The predicted octanol–water partition coefficient (Wildman–Crippen LogP) is 3.44. The number of imidazole rings is 1. The summed E-state index contributed by atoms with van der Waals surface area (Å²) in [6, 6.07) is 15.4. The average molecular weight is 340 g/mol. The summed E-state index contributed by atoms with van der Waals surface area (Å²) >= 11 is 0. The molecule has 0 spiro atoms. The first-order valence-corrected chi connectivity index (χ1v) is 8.60. The second-order valence-electron chi connectivity index (χ2n) is 6.02. The van der Waals surface area contributed by atoms with Gasteiger partial charge in [0, 0.05) is 12.5 Å². The van der Waals surface area contributed by atoms with Crippen molar-refractivity contribution in [2.24, 2.45) is 0 Å². The molecule has 0 saturated carbocycles. The molecule has 5 heteroatoms. The summed E-state index contributed by atoms with van der Waals surface area (Å²) in [4.78, 5) is 4.69. The first-order chi connectivity index (χ1) is 12.2. The molecule has 132 valence electrons. The number of rotatable bonds is 8. The number of aliphatic hydroxyl groups excluding tert-OH is 1. The Morgan fingerprint density at radius 2 is 1.92 bits per heavy atom. The van der Waals surface area contributed by atoms with Gasteiger partial charge in [0.25, 0.3) is 0 Å². The van der Waals surface area contributed by atoms with Crippen LogP contribution in [0.15, 0.2) is 48.5 Å². The van der Waals surface area contributed by atoms with Crippen molar-refractivity contribution < 1.29 is 14.6 Å². The van der Waals surface area contributed by atoms with Gasteiger partial charge < -0.3 is 19.1 Å². The molecular formula is C20H24N2O3. The summed E-state index contributed by atoms with van der Waals surface area (Å²) in [5, 5.41) is 10.5. The number of para-hydroxylation sites is 2. The molecule has 0 radical (unpaired) electrons. The fourth-order valence-electron chi connectivity index (χ4n) is 2.89. The van der Waals surface area contributed by atoms with E-state index in [2.05, 4.69) is 11.5 Å². The maximum Gasteiger partial charge on any atom is 0.123 e. The van der Waals surface area contributed by atoms with Crippen LogP contribution in [0.25, 0.3) is 11.0 Å². The highest BCUT2D eigenvalue weighted by atomic mass is 16.5. The van der Waals surface area contributed by atoms with Gasteiger partial charge in [0.15, 0.2) is 0 Å². The molecule has 0 aliphatic heterocycles. The van der Waals surface area contributed by atoms with E-state index in [-0.39, 0.29) is 6.61 Å². The average Bonchev–Trinajstić information content (AvgIpc) is 2.98. The van der Waals surface area contributed by atoms with Crippen LogP contribution >= 0.6 is 0 Å². The van der Waals surface area contributed by atoms with Crippen LogP contribution < -0.4 is 9.47 Å². The monoisotopic (exact) mass is 340 g/mol. The molecule has 1 aromatic heterocycles. The smallest absolute Gasteiger partial charge is 0.123 e. The largest absolute Gasteiger partial charge is 0.497 e. The highest BCUT2D eigenvalue weighted by molar-refractivity contribution is 5.75. The molecule has 0 bridgehead atoms. The van der Waals surface area contributed by atoms with Crippen LogP contribution in [0.5, 0.6) is 11.5 Å². The summed E-state index contributed by atoms with van der Waals surface area (Å²) < 4.78 is 13.0. The summed E-state index contributed by atoms with van der Waals surface area (Å²) in [5.74, 6) is 2.42. The van der Waals surface area contributed by atoms with E-state index in [0.29, 0.717) is 12.3 Å². The van der Waals surface area contributed by atoms with Crippen molar-refractivity contribution in [2.45, 2.75) is 32.4 Å². The lowest BCUT2D eigenvalue weighted by Crippen LogP contribution is -2.24. The van der Waals surface area contributed by atoms with Crippen molar-refractivity contribution in [1.29, 1.82) is 0 Å². The van der Waals surface area contributed by atoms with Gasteiger partial charge in [0.1, 0.15) is 30.0 Å². The molecule has 2 aromatic carbocycles. The first kappa shape index (κ1) is 17.3. The normalized spacial score (nSPS) is 12.3. The van der Waals surface area contributed by atoms with Gasteiger partial charge in [-0.25, -0.2) is 4.98 Å². The number of aliphatic hydroxyl groups is 1. The molecule has 3 aromatic rings. The van der Waals surface area contributed by atoms with Crippen LogP contribution in [0.4, 0.5) is 0 Å². The zero-order chi connectivity index (χ0) is 17.6. The maximum absolute atomic E-state index is 10.5. The number of hydrogen-bond acceptors (Lipinski definition) is 4. The Hall–Kier alpha value is -2.53. The van der Waals surface area contributed by atoms with Crippen LogP contribution in [0, 0.1) is 0 Å². The van der Waals surface area contributed by atoms with Crippen LogP contribution in [0.3, 0.4) is 0 Å². The van der Waals surface area contributed by atoms with E-state index in [0.717, 1.165) is 35.4 Å². The summed E-state index contributed by atoms with van der Waals surface area (Å²) in [7, 11) is 1.62. The molecule has 0 fully saturated rings. The fourth-order valence-corrected chi connectivity index (χ4v) is 2.89. The van der Waals surface area contributed by atoms with Crippen molar-refractivity contribution >= 4 is 11.0 Å². The van der Waals surface area contributed by atoms with E-state index in [1.807, 2.05) is 48.5 Å². The van der Waals surface area contributed by atoms with Gasteiger partial charge >= 0.3 is 0 Å². The number of aromatic nitrogens is 2. The van der Waals surface area contributed by atoms with E-state index in [1.54, 1.807) is 7.11 Å². The molecule has 0 unspecified atom stereocenters. The van der Waals surface area contributed by atoms with Gasteiger partial charge in [-0.15, -0.1) is 0 Å². The van der Waals surface area contributed by atoms with Crippen molar-refractivity contribution in [3.8, 4) is 11.5 Å². The number of nitrogens with zero attached hydrogens (tertiary/aromatic N) is 2. The molecule has 25 heavy (non-hydrogen) atoms. The fraction of sp³-hybridized carbons (Fsp3) is 0.350. The minimum Gasteiger partial charge on any atom is -0.497 e. The Morgan fingerprint density at radius 1 is 1.12 bits per heavy atom. The van der Waals surface area contributed by atoms with E-state index < -0.39 is 6.10 Å². The summed E-state index contributed by atoms with van der Waals surface area (Å²) in [5.41, 5.74) is 2.01. The number of ether oxygens (including phenoxy) is 2. The molecule has 1 heterocycles. The summed E-state index contributed by atoms with van der Waals surface area (Å²) in [6.07, 6.45) is 1.28. The SMILES string of the molecule is CCCc1nc2ccccc2n1C[C@H](O)COc1cccc(OC)c1. The van der Waals surface area contributed by atoms with Gasteiger partial charge in [-0.3, -0.25) is 0 Å². The molecule has 0 aliphatic rings. The number of hydrogen-bond donors (Lipinski definition) is 1. The molecular weight excluding hydrogens is 316 g/mol. The lowest BCUT2D eigenvalue weighted by Gasteiger charge is -2.16. The predicted molar refractivity (Wildman–Crippen MR) is 98.2 cm³/mol. The lowest BCUT2D eigenvalue weighted by molar-refractivity contribution is 0.0926. The van der Waals surface area contributed by atoms with Gasteiger partial charge in [-0.05, 0) is 30.7 Å². The summed E-state index contributed by atoms with van der Waals surface area (Å²) in [6.45, 7) is 2.80. The molecule has 0 amide bonds. The maximum atomic E-state index is 10.5. The van der Waals surface area contributed by atoms with Crippen LogP contribution in [0.2, 0.25) is 0 Å². The van der Waals surface area contributed by atoms with Gasteiger partial charge in [0.05, 0.1) is 24.7 Å². The van der Waals surface area contributed by atoms with Crippen LogP contribution in [-0.4, -0.2) is 34.5 Å². The van der Waals surface area contributed by atoms with E-state index in [4.69, 9.17) is 14.5 Å². The minimum atomic E-state index is -0.626. The van der Waals surface area contributed by atoms with Gasteiger partial charge in [-0.2, -0.15) is 0 Å². The number of methoxy groups -OCH3 is 1. The van der Waals surface area contributed by atoms with E-state index >= 15 is 0 Å². The topological polar surface area (TPSA) is 56.5 Å².